The summed E-state index contributed by atoms with van der Waals surface area (Å²) < 4.78 is 0. The number of carboxylic acids is 1. The quantitative estimate of drug-likeness (QED) is 0.771. The number of rotatable bonds is 2. The van der Waals surface area contributed by atoms with Crippen LogP contribution in [0.3, 0.4) is 0 Å². The van der Waals surface area contributed by atoms with Gasteiger partial charge in [-0.05, 0) is 29.5 Å². The average Bonchev–Trinajstić information content (AvgIpc) is 2.14. The summed E-state index contributed by atoms with van der Waals surface area (Å²) in [5.74, 6) is -0.851. The fraction of sp³-hybridized carbons (Fsp3) is 0.357. The summed E-state index contributed by atoms with van der Waals surface area (Å²) in [5, 5.41) is 9.19. The first kappa shape index (κ1) is 12.5. The van der Waals surface area contributed by atoms with Crippen molar-refractivity contribution < 1.29 is 9.90 Å². The van der Waals surface area contributed by atoms with Gasteiger partial charge in [-0.3, -0.25) is 0 Å². The van der Waals surface area contributed by atoms with Gasteiger partial charge in [-0.2, -0.15) is 0 Å². The minimum absolute atomic E-state index is 0.353. The van der Waals surface area contributed by atoms with Crippen LogP contribution in [0.2, 0.25) is 0 Å². The largest absolute Gasteiger partial charge is 0.478 e. The van der Waals surface area contributed by atoms with Gasteiger partial charge in [0.2, 0.25) is 0 Å². The van der Waals surface area contributed by atoms with E-state index >= 15 is 0 Å². The highest BCUT2D eigenvalue weighted by Gasteiger charge is 2.23. The van der Waals surface area contributed by atoms with Crippen LogP contribution in [-0.2, 0) is 4.79 Å². The first-order valence-corrected chi connectivity index (χ1v) is 5.33. The molecule has 0 amide bonds. The van der Waals surface area contributed by atoms with E-state index in [2.05, 4.69) is 0 Å². The van der Waals surface area contributed by atoms with Gasteiger partial charge in [0.1, 0.15) is 0 Å². The lowest BCUT2D eigenvalue weighted by Gasteiger charge is -2.19. The van der Waals surface area contributed by atoms with Gasteiger partial charge in [-0.25, -0.2) is 4.79 Å². The lowest BCUT2D eigenvalue weighted by Crippen LogP contribution is -2.17. The van der Waals surface area contributed by atoms with Crippen molar-refractivity contribution in [3.8, 4) is 0 Å². The molecule has 2 nitrogen and oxygen atoms in total. The third kappa shape index (κ3) is 2.96. The first-order chi connectivity index (χ1) is 7.32. The second-order valence-corrected chi connectivity index (χ2v) is 4.97. The van der Waals surface area contributed by atoms with Gasteiger partial charge in [-0.1, -0.05) is 45.0 Å². The molecule has 0 aliphatic heterocycles. The molecule has 1 aromatic rings. The summed E-state index contributed by atoms with van der Waals surface area (Å²) in [5.41, 5.74) is 2.14. The van der Waals surface area contributed by atoms with Crippen LogP contribution < -0.4 is 0 Å². The normalized spacial score (nSPS) is 12.6. The SMILES string of the molecule is Cc1ccccc1/C=C(\C(=O)O)C(C)(C)C. The monoisotopic (exact) mass is 218 g/mol. The lowest BCUT2D eigenvalue weighted by atomic mass is 9.85. The van der Waals surface area contributed by atoms with Crippen LogP contribution in [0.1, 0.15) is 31.9 Å². The second-order valence-electron chi connectivity index (χ2n) is 4.97. The molecule has 0 aromatic heterocycles. The molecule has 0 atom stereocenters. The molecule has 0 saturated carbocycles. The maximum atomic E-state index is 11.2. The standard InChI is InChI=1S/C14H18O2/c1-10-7-5-6-8-11(10)9-12(13(15)16)14(2,3)4/h5-9H,1-4H3,(H,15,16)/b12-9+. The minimum Gasteiger partial charge on any atom is -0.478 e. The molecular formula is C14H18O2. The van der Waals surface area contributed by atoms with Crippen molar-refractivity contribution in [3.05, 3.63) is 41.0 Å². The number of aryl methyl sites for hydroxylation is 1. The Morgan fingerprint density at radius 3 is 2.25 bits per heavy atom. The zero-order chi connectivity index (χ0) is 12.3. The zero-order valence-electron chi connectivity index (χ0n) is 10.2. The Hall–Kier alpha value is -1.57. The van der Waals surface area contributed by atoms with E-state index in [0.717, 1.165) is 11.1 Å². The van der Waals surface area contributed by atoms with Crippen molar-refractivity contribution in [1.29, 1.82) is 0 Å². The molecule has 86 valence electrons. The maximum Gasteiger partial charge on any atom is 0.332 e. The van der Waals surface area contributed by atoms with Gasteiger partial charge in [-0.15, -0.1) is 0 Å². The average molecular weight is 218 g/mol. The Balaban J connectivity index is 3.24. The molecule has 0 heterocycles. The summed E-state index contributed by atoms with van der Waals surface area (Å²) in [4.78, 5) is 11.2. The van der Waals surface area contributed by atoms with Crippen molar-refractivity contribution >= 4 is 12.0 Å². The van der Waals surface area contributed by atoms with Crippen LogP contribution >= 0.6 is 0 Å². The highest BCUT2D eigenvalue weighted by atomic mass is 16.4. The molecule has 0 saturated heterocycles. The Labute approximate surface area is 96.6 Å². The van der Waals surface area contributed by atoms with Crippen molar-refractivity contribution in [2.75, 3.05) is 0 Å². The fourth-order valence-corrected chi connectivity index (χ4v) is 1.50. The van der Waals surface area contributed by atoms with Crippen LogP contribution in [0.5, 0.6) is 0 Å². The van der Waals surface area contributed by atoms with E-state index in [1.54, 1.807) is 6.08 Å². The predicted octanol–water partition coefficient (Wildman–Crippen LogP) is 3.51. The van der Waals surface area contributed by atoms with E-state index in [1.807, 2.05) is 52.0 Å². The number of aliphatic carboxylic acids is 1. The fourth-order valence-electron chi connectivity index (χ4n) is 1.50. The van der Waals surface area contributed by atoms with Gasteiger partial charge in [0.05, 0.1) is 0 Å². The van der Waals surface area contributed by atoms with Gasteiger partial charge in [0, 0.05) is 5.57 Å². The lowest BCUT2D eigenvalue weighted by molar-refractivity contribution is -0.133. The first-order valence-electron chi connectivity index (χ1n) is 5.33. The third-order valence-corrected chi connectivity index (χ3v) is 2.53. The molecule has 2 heteroatoms. The maximum absolute atomic E-state index is 11.2. The van der Waals surface area contributed by atoms with Crippen molar-refractivity contribution in [2.24, 2.45) is 5.41 Å². The molecule has 0 bridgehead atoms. The van der Waals surface area contributed by atoms with E-state index in [4.69, 9.17) is 0 Å². The number of hydrogen-bond donors (Lipinski definition) is 1. The molecule has 0 unspecified atom stereocenters. The molecule has 0 aliphatic carbocycles. The Kier molecular flexibility index (Phi) is 3.53. The minimum atomic E-state index is -0.851. The zero-order valence-corrected chi connectivity index (χ0v) is 10.2. The molecule has 1 rings (SSSR count). The van der Waals surface area contributed by atoms with Gasteiger partial charge >= 0.3 is 5.97 Å². The molecule has 0 radical (unpaired) electrons. The van der Waals surface area contributed by atoms with Gasteiger partial charge < -0.3 is 5.11 Å². The molecule has 1 aromatic carbocycles. The van der Waals surface area contributed by atoms with Crippen LogP contribution in [0.15, 0.2) is 29.8 Å². The van der Waals surface area contributed by atoms with Crippen LogP contribution in [0, 0.1) is 12.3 Å². The molecule has 16 heavy (non-hydrogen) atoms. The number of benzene rings is 1. The third-order valence-electron chi connectivity index (χ3n) is 2.53. The summed E-state index contributed by atoms with van der Waals surface area (Å²) in [7, 11) is 0. The summed E-state index contributed by atoms with van der Waals surface area (Å²) in [6, 6.07) is 7.78. The van der Waals surface area contributed by atoms with Gasteiger partial charge in [0.15, 0.2) is 0 Å². The number of carbonyl (C=O) groups is 1. The number of carboxylic acid groups (broad SMARTS) is 1. The molecule has 0 fully saturated rings. The van der Waals surface area contributed by atoms with Crippen molar-refractivity contribution in [3.63, 3.8) is 0 Å². The van der Waals surface area contributed by atoms with Crippen LogP contribution in [0.4, 0.5) is 0 Å². The van der Waals surface area contributed by atoms with Crippen LogP contribution in [0.25, 0.3) is 6.08 Å². The van der Waals surface area contributed by atoms with E-state index in [9.17, 15) is 9.90 Å². The molecular weight excluding hydrogens is 200 g/mol. The van der Waals surface area contributed by atoms with Gasteiger partial charge in [0.25, 0.3) is 0 Å². The smallest absolute Gasteiger partial charge is 0.332 e. The van der Waals surface area contributed by atoms with E-state index < -0.39 is 5.97 Å². The highest BCUT2D eigenvalue weighted by Crippen LogP contribution is 2.28. The van der Waals surface area contributed by atoms with E-state index in [1.165, 1.54) is 0 Å². The summed E-state index contributed by atoms with van der Waals surface area (Å²) in [6.07, 6.45) is 1.76. The topological polar surface area (TPSA) is 37.3 Å². The second kappa shape index (κ2) is 4.52. The highest BCUT2D eigenvalue weighted by molar-refractivity contribution is 5.93. The van der Waals surface area contributed by atoms with E-state index in [0.29, 0.717) is 5.57 Å². The Morgan fingerprint density at radius 1 is 1.25 bits per heavy atom. The number of hydrogen-bond acceptors (Lipinski definition) is 1. The van der Waals surface area contributed by atoms with Crippen molar-refractivity contribution in [1.82, 2.24) is 0 Å². The summed E-state index contributed by atoms with van der Waals surface area (Å²) in [6.45, 7) is 7.70. The van der Waals surface area contributed by atoms with E-state index in [-0.39, 0.29) is 5.41 Å². The Bertz CT molecular complexity index is 423. The predicted molar refractivity (Wildman–Crippen MR) is 66.2 cm³/mol. The molecule has 0 spiro atoms. The molecule has 0 aliphatic rings. The summed E-state index contributed by atoms with van der Waals surface area (Å²) >= 11 is 0. The molecule has 1 N–H and O–H groups in total. The van der Waals surface area contributed by atoms with Crippen LogP contribution in [-0.4, -0.2) is 11.1 Å². The Morgan fingerprint density at radius 2 is 1.81 bits per heavy atom. The van der Waals surface area contributed by atoms with Crippen molar-refractivity contribution in [2.45, 2.75) is 27.7 Å².